The molecule has 3 atom stereocenters. The maximum atomic E-state index is 11.7. The predicted molar refractivity (Wildman–Crippen MR) is 52.9 cm³/mol. The largest absolute Gasteiger partial charge is 0.479 e. The van der Waals surface area contributed by atoms with E-state index in [0.29, 0.717) is 26.1 Å². The van der Waals surface area contributed by atoms with E-state index in [-0.39, 0.29) is 11.9 Å². The van der Waals surface area contributed by atoms with Gasteiger partial charge < -0.3 is 19.9 Å². The molecule has 2 saturated heterocycles. The molecule has 16 heavy (non-hydrogen) atoms. The van der Waals surface area contributed by atoms with Crippen LogP contribution in [0.25, 0.3) is 0 Å². The average Bonchev–Trinajstić information content (AvgIpc) is 2.86. The number of rotatable bonds is 3. The summed E-state index contributed by atoms with van der Waals surface area (Å²) >= 11 is 0. The van der Waals surface area contributed by atoms with E-state index in [1.165, 1.54) is 0 Å². The third-order valence-corrected chi connectivity index (χ3v) is 2.86. The van der Waals surface area contributed by atoms with Gasteiger partial charge in [-0.3, -0.25) is 4.79 Å². The lowest BCUT2D eigenvalue weighted by Gasteiger charge is -2.15. The molecule has 2 heterocycles. The lowest BCUT2D eigenvalue weighted by molar-refractivity contribution is -0.151. The Morgan fingerprint density at radius 2 is 1.94 bits per heavy atom. The maximum absolute atomic E-state index is 11.7. The lowest BCUT2D eigenvalue weighted by Crippen LogP contribution is -2.42. The zero-order valence-electron chi connectivity index (χ0n) is 8.85. The summed E-state index contributed by atoms with van der Waals surface area (Å²) in [5, 5.41) is 11.5. The second-order valence-electron chi connectivity index (χ2n) is 4.10. The van der Waals surface area contributed by atoms with Crippen LogP contribution in [0.5, 0.6) is 0 Å². The SMILES string of the molecule is O=C(NC1CCOC1)[C@@H]1CC[C@H](C(=O)O)O1. The Hall–Kier alpha value is -1.14. The number of carboxylic acid groups (broad SMARTS) is 1. The highest BCUT2D eigenvalue weighted by atomic mass is 16.5. The van der Waals surface area contributed by atoms with E-state index in [1.807, 2.05) is 0 Å². The van der Waals surface area contributed by atoms with Gasteiger partial charge in [0.05, 0.1) is 12.6 Å². The van der Waals surface area contributed by atoms with E-state index in [1.54, 1.807) is 0 Å². The molecule has 2 aliphatic rings. The van der Waals surface area contributed by atoms with Crippen LogP contribution in [0.2, 0.25) is 0 Å². The number of amides is 1. The fraction of sp³-hybridized carbons (Fsp3) is 0.800. The number of ether oxygens (including phenoxy) is 2. The number of nitrogens with one attached hydrogen (secondary N) is 1. The predicted octanol–water partition coefficient (Wildman–Crippen LogP) is -0.476. The molecule has 1 unspecified atom stereocenters. The highest BCUT2D eigenvalue weighted by Crippen LogP contribution is 2.20. The van der Waals surface area contributed by atoms with Crippen molar-refractivity contribution in [3.05, 3.63) is 0 Å². The number of carbonyl (C=O) groups is 2. The van der Waals surface area contributed by atoms with Gasteiger partial charge in [0.2, 0.25) is 5.91 Å². The van der Waals surface area contributed by atoms with Crippen LogP contribution in [-0.4, -0.2) is 48.4 Å². The number of hydrogen-bond acceptors (Lipinski definition) is 4. The lowest BCUT2D eigenvalue weighted by atomic mass is 10.1. The molecule has 90 valence electrons. The third-order valence-electron chi connectivity index (χ3n) is 2.86. The number of hydrogen-bond donors (Lipinski definition) is 2. The monoisotopic (exact) mass is 229 g/mol. The number of carbonyl (C=O) groups excluding carboxylic acids is 1. The Balaban J connectivity index is 1.79. The summed E-state index contributed by atoms with van der Waals surface area (Å²) in [7, 11) is 0. The minimum Gasteiger partial charge on any atom is -0.479 e. The summed E-state index contributed by atoms with van der Waals surface area (Å²) in [6, 6.07) is 0.0416. The summed E-state index contributed by atoms with van der Waals surface area (Å²) < 4.78 is 10.3. The van der Waals surface area contributed by atoms with Crippen molar-refractivity contribution in [3.63, 3.8) is 0 Å². The van der Waals surface area contributed by atoms with Crippen molar-refractivity contribution in [2.24, 2.45) is 0 Å². The molecule has 2 aliphatic heterocycles. The Morgan fingerprint density at radius 1 is 1.19 bits per heavy atom. The smallest absolute Gasteiger partial charge is 0.332 e. The van der Waals surface area contributed by atoms with Gasteiger partial charge in [-0.1, -0.05) is 0 Å². The van der Waals surface area contributed by atoms with Crippen LogP contribution in [0.15, 0.2) is 0 Å². The Labute approximate surface area is 92.9 Å². The van der Waals surface area contributed by atoms with Gasteiger partial charge in [-0.05, 0) is 19.3 Å². The molecule has 0 radical (unpaired) electrons. The van der Waals surface area contributed by atoms with E-state index in [0.717, 1.165) is 6.42 Å². The summed E-state index contributed by atoms with van der Waals surface area (Å²) in [6.07, 6.45) is 0.212. The molecule has 0 bridgehead atoms. The molecule has 0 spiro atoms. The zero-order chi connectivity index (χ0) is 11.5. The van der Waals surface area contributed by atoms with Crippen LogP contribution in [0.1, 0.15) is 19.3 Å². The molecule has 0 saturated carbocycles. The van der Waals surface area contributed by atoms with Crippen LogP contribution in [0.4, 0.5) is 0 Å². The van der Waals surface area contributed by atoms with Crippen LogP contribution < -0.4 is 5.32 Å². The maximum Gasteiger partial charge on any atom is 0.332 e. The molecule has 0 aliphatic carbocycles. The van der Waals surface area contributed by atoms with Crippen molar-refractivity contribution in [1.82, 2.24) is 5.32 Å². The van der Waals surface area contributed by atoms with Gasteiger partial charge in [0, 0.05) is 6.61 Å². The number of carboxylic acids is 1. The topological polar surface area (TPSA) is 84.9 Å². The first kappa shape index (κ1) is 11.3. The Morgan fingerprint density at radius 3 is 2.50 bits per heavy atom. The van der Waals surface area contributed by atoms with Gasteiger partial charge in [0.25, 0.3) is 0 Å². The first-order chi connectivity index (χ1) is 7.66. The summed E-state index contributed by atoms with van der Waals surface area (Å²) in [5.74, 6) is -1.22. The molecular weight excluding hydrogens is 214 g/mol. The van der Waals surface area contributed by atoms with Gasteiger partial charge in [-0.25, -0.2) is 4.79 Å². The quantitative estimate of drug-likeness (QED) is 0.683. The van der Waals surface area contributed by atoms with Gasteiger partial charge in [0.1, 0.15) is 6.10 Å². The minimum atomic E-state index is -1.00. The number of aliphatic carboxylic acids is 1. The second kappa shape index (κ2) is 4.80. The van der Waals surface area contributed by atoms with E-state index < -0.39 is 18.2 Å². The van der Waals surface area contributed by atoms with Crippen molar-refractivity contribution in [3.8, 4) is 0 Å². The zero-order valence-corrected chi connectivity index (χ0v) is 8.85. The van der Waals surface area contributed by atoms with Gasteiger partial charge in [-0.15, -0.1) is 0 Å². The molecule has 2 fully saturated rings. The van der Waals surface area contributed by atoms with Crippen LogP contribution in [0.3, 0.4) is 0 Å². The second-order valence-corrected chi connectivity index (χ2v) is 4.10. The van der Waals surface area contributed by atoms with Crippen molar-refractivity contribution in [2.45, 2.75) is 37.5 Å². The van der Waals surface area contributed by atoms with E-state index in [9.17, 15) is 9.59 Å². The normalized spacial score (nSPS) is 33.9. The summed E-state index contributed by atoms with van der Waals surface area (Å²) in [6.45, 7) is 1.19. The molecule has 6 nitrogen and oxygen atoms in total. The summed E-state index contributed by atoms with van der Waals surface area (Å²) in [5.41, 5.74) is 0. The molecule has 2 rings (SSSR count). The van der Waals surface area contributed by atoms with Gasteiger partial charge in [0.15, 0.2) is 6.10 Å². The van der Waals surface area contributed by atoms with Crippen LogP contribution in [-0.2, 0) is 19.1 Å². The summed E-state index contributed by atoms with van der Waals surface area (Å²) in [4.78, 5) is 22.3. The molecule has 6 heteroatoms. The first-order valence-electron chi connectivity index (χ1n) is 5.43. The molecule has 2 N–H and O–H groups in total. The fourth-order valence-electron chi connectivity index (χ4n) is 1.95. The van der Waals surface area contributed by atoms with E-state index in [4.69, 9.17) is 14.6 Å². The molecule has 0 aromatic heterocycles. The van der Waals surface area contributed by atoms with E-state index >= 15 is 0 Å². The van der Waals surface area contributed by atoms with Crippen molar-refractivity contribution >= 4 is 11.9 Å². The minimum absolute atomic E-state index is 0.0416. The Kier molecular flexibility index (Phi) is 3.40. The molecule has 0 aromatic rings. The van der Waals surface area contributed by atoms with Crippen LogP contribution in [0, 0.1) is 0 Å². The average molecular weight is 229 g/mol. The highest BCUT2D eigenvalue weighted by Gasteiger charge is 2.35. The van der Waals surface area contributed by atoms with Crippen LogP contribution >= 0.6 is 0 Å². The highest BCUT2D eigenvalue weighted by molar-refractivity contribution is 5.82. The van der Waals surface area contributed by atoms with Crippen molar-refractivity contribution in [2.75, 3.05) is 13.2 Å². The van der Waals surface area contributed by atoms with Crippen molar-refractivity contribution < 1.29 is 24.2 Å². The third kappa shape index (κ3) is 2.51. The molecular formula is C10H15NO5. The Bertz CT molecular complexity index is 287. The molecule has 0 aromatic carbocycles. The first-order valence-corrected chi connectivity index (χ1v) is 5.43. The standard InChI is InChI=1S/C10H15NO5/c12-9(11-6-3-4-15-5-6)7-1-2-8(16-7)10(13)14/h6-8H,1-5H2,(H,11,12)(H,13,14)/t6?,7-,8+/m0/s1. The fourth-order valence-corrected chi connectivity index (χ4v) is 1.95. The van der Waals surface area contributed by atoms with Gasteiger partial charge >= 0.3 is 5.97 Å². The van der Waals surface area contributed by atoms with Crippen molar-refractivity contribution in [1.29, 1.82) is 0 Å². The van der Waals surface area contributed by atoms with Gasteiger partial charge in [-0.2, -0.15) is 0 Å². The van der Waals surface area contributed by atoms with E-state index in [2.05, 4.69) is 5.32 Å². The molecule has 1 amide bonds.